The molecule has 0 fully saturated rings. The normalized spacial score (nSPS) is 12.4. The number of ether oxygens (including phenoxy) is 2. The van der Waals surface area contributed by atoms with E-state index in [1.54, 1.807) is 12.1 Å². The van der Waals surface area contributed by atoms with Crippen molar-refractivity contribution in [2.75, 3.05) is 23.8 Å². The van der Waals surface area contributed by atoms with Crippen LogP contribution in [0.15, 0.2) is 36.4 Å². The largest absolute Gasteiger partial charge is 0.486 e. The lowest BCUT2D eigenvalue weighted by Gasteiger charge is -2.18. The Morgan fingerprint density at radius 1 is 0.792 bits per heavy atom. The van der Waals surface area contributed by atoms with Crippen LogP contribution in [0, 0.1) is 11.6 Å². The van der Waals surface area contributed by atoms with Gasteiger partial charge in [0.15, 0.2) is 23.1 Å². The molecule has 3 rings (SSSR count). The molecule has 0 saturated carbocycles. The first-order valence-corrected chi connectivity index (χ1v) is 7.00. The van der Waals surface area contributed by atoms with Crippen molar-refractivity contribution < 1.29 is 27.8 Å². The minimum Gasteiger partial charge on any atom is -0.486 e. The molecule has 1 aliphatic rings. The third kappa shape index (κ3) is 3.43. The molecule has 1 aliphatic heterocycles. The van der Waals surface area contributed by atoms with Crippen LogP contribution in [0.2, 0.25) is 0 Å². The molecule has 2 N–H and O–H groups in total. The van der Waals surface area contributed by atoms with Crippen molar-refractivity contribution in [3.63, 3.8) is 0 Å². The topological polar surface area (TPSA) is 76.7 Å². The first kappa shape index (κ1) is 15.7. The standard InChI is InChI=1S/C16H12F2N2O4/c17-11-3-1-9(7-12(11)18)19-15(21)16(22)20-10-2-4-13-14(8-10)24-6-5-23-13/h1-4,7-8H,5-6H2,(H,19,21)(H,20,22). The predicted molar refractivity (Wildman–Crippen MR) is 81.0 cm³/mol. The number of anilines is 2. The Kier molecular flexibility index (Phi) is 4.28. The van der Waals surface area contributed by atoms with Crippen LogP contribution in [0.1, 0.15) is 0 Å². The van der Waals surface area contributed by atoms with Crippen LogP contribution in [0.3, 0.4) is 0 Å². The van der Waals surface area contributed by atoms with Gasteiger partial charge in [-0.25, -0.2) is 8.78 Å². The number of fused-ring (bicyclic) bond motifs is 1. The van der Waals surface area contributed by atoms with Gasteiger partial charge in [-0.05, 0) is 24.3 Å². The van der Waals surface area contributed by atoms with E-state index in [-0.39, 0.29) is 5.69 Å². The fraction of sp³-hybridized carbons (Fsp3) is 0.125. The molecule has 0 unspecified atom stereocenters. The minimum atomic E-state index is -1.12. The summed E-state index contributed by atoms with van der Waals surface area (Å²) in [5.74, 6) is -3.15. The van der Waals surface area contributed by atoms with E-state index >= 15 is 0 Å². The second-order valence-electron chi connectivity index (χ2n) is 4.90. The highest BCUT2D eigenvalue weighted by Crippen LogP contribution is 2.32. The molecule has 6 nitrogen and oxygen atoms in total. The van der Waals surface area contributed by atoms with Crippen LogP contribution in [-0.4, -0.2) is 25.0 Å². The fourth-order valence-electron chi connectivity index (χ4n) is 2.07. The Morgan fingerprint density at radius 3 is 2.04 bits per heavy atom. The van der Waals surface area contributed by atoms with Gasteiger partial charge >= 0.3 is 11.8 Å². The van der Waals surface area contributed by atoms with Crippen molar-refractivity contribution in [3.05, 3.63) is 48.0 Å². The van der Waals surface area contributed by atoms with Gasteiger partial charge < -0.3 is 20.1 Å². The summed E-state index contributed by atoms with van der Waals surface area (Å²) in [7, 11) is 0. The zero-order valence-electron chi connectivity index (χ0n) is 12.3. The summed E-state index contributed by atoms with van der Waals surface area (Å²) in [5.41, 5.74) is 0.306. The molecule has 8 heteroatoms. The van der Waals surface area contributed by atoms with E-state index in [2.05, 4.69) is 10.6 Å². The first-order valence-electron chi connectivity index (χ1n) is 7.00. The number of carbonyl (C=O) groups is 2. The van der Waals surface area contributed by atoms with E-state index in [1.807, 2.05) is 0 Å². The molecular weight excluding hydrogens is 322 g/mol. The summed E-state index contributed by atoms with van der Waals surface area (Å²) in [4.78, 5) is 23.7. The van der Waals surface area contributed by atoms with Gasteiger partial charge in [0, 0.05) is 23.5 Å². The summed E-state index contributed by atoms with van der Waals surface area (Å²) in [6, 6.07) is 7.47. The summed E-state index contributed by atoms with van der Waals surface area (Å²) >= 11 is 0. The Balaban J connectivity index is 1.65. The molecule has 2 aromatic rings. The number of rotatable bonds is 2. The summed E-state index contributed by atoms with van der Waals surface area (Å²) in [5, 5.41) is 4.56. The average molecular weight is 334 g/mol. The summed E-state index contributed by atoms with van der Waals surface area (Å²) in [6.07, 6.45) is 0. The quantitative estimate of drug-likeness (QED) is 0.827. The highest BCUT2D eigenvalue weighted by Gasteiger charge is 2.17. The van der Waals surface area contributed by atoms with E-state index in [9.17, 15) is 18.4 Å². The summed E-state index contributed by atoms with van der Waals surface area (Å²) in [6.45, 7) is 0.830. The van der Waals surface area contributed by atoms with Gasteiger partial charge in [0.05, 0.1) is 0 Å². The lowest BCUT2D eigenvalue weighted by atomic mass is 10.2. The second-order valence-corrected chi connectivity index (χ2v) is 4.90. The van der Waals surface area contributed by atoms with Gasteiger partial charge in [-0.3, -0.25) is 9.59 Å². The van der Waals surface area contributed by atoms with Crippen LogP contribution in [-0.2, 0) is 9.59 Å². The fourth-order valence-corrected chi connectivity index (χ4v) is 2.07. The van der Waals surface area contributed by atoms with Crippen LogP contribution < -0.4 is 20.1 Å². The molecule has 124 valence electrons. The number of benzene rings is 2. The highest BCUT2D eigenvalue weighted by atomic mass is 19.2. The molecule has 2 aromatic carbocycles. The maximum atomic E-state index is 13.1. The van der Waals surface area contributed by atoms with Crippen molar-refractivity contribution in [3.8, 4) is 11.5 Å². The molecule has 0 saturated heterocycles. The zero-order valence-corrected chi connectivity index (χ0v) is 12.3. The van der Waals surface area contributed by atoms with Crippen LogP contribution in [0.4, 0.5) is 20.2 Å². The van der Waals surface area contributed by atoms with Gasteiger partial charge in [0.25, 0.3) is 0 Å². The number of hydrogen-bond donors (Lipinski definition) is 2. The SMILES string of the molecule is O=C(Nc1ccc(F)c(F)c1)C(=O)Nc1ccc2c(c1)OCCO2. The Bertz CT molecular complexity index is 811. The van der Waals surface area contributed by atoms with Gasteiger partial charge in [-0.1, -0.05) is 0 Å². The van der Waals surface area contributed by atoms with Gasteiger partial charge in [0.2, 0.25) is 0 Å². The van der Waals surface area contributed by atoms with Crippen molar-refractivity contribution in [1.82, 2.24) is 0 Å². The van der Waals surface area contributed by atoms with Crippen LogP contribution >= 0.6 is 0 Å². The van der Waals surface area contributed by atoms with E-state index in [1.165, 1.54) is 6.07 Å². The smallest absolute Gasteiger partial charge is 0.314 e. The molecule has 0 atom stereocenters. The molecule has 0 aromatic heterocycles. The van der Waals surface area contributed by atoms with E-state index in [0.29, 0.717) is 30.4 Å². The van der Waals surface area contributed by atoms with Crippen molar-refractivity contribution >= 4 is 23.2 Å². The van der Waals surface area contributed by atoms with Crippen LogP contribution in [0.25, 0.3) is 0 Å². The number of nitrogens with one attached hydrogen (secondary N) is 2. The minimum absolute atomic E-state index is 0.0313. The first-order chi connectivity index (χ1) is 11.5. The third-order valence-corrected chi connectivity index (χ3v) is 3.18. The molecule has 0 aliphatic carbocycles. The molecule has 0 spiro atoms. The Labute approximate surface area is 135 Å². The van der Waals surface area contributed by atoms with E-state index in [0.717, 1.165) is 18.2 Å². The molecule has 0 radical (unpaired) electrons. The maximum Gasteiger partial charge on any atom is 0.314 e. The second kappa shape index (κ2) is 6.53. The maximum absolute atomic E-state index is 13.1. The molecule has 0 bridgehead atoms. The zero-order chi connectivity index (χ0) is 17.1. The van der Waals surface area contributed by atoms with Gasteiger partial charge in [0.1, 0.15) is 13.2 Å². The van der Waals surface area contributed by atoms with Crippen molar-refractivity contribution in [1.29, 1.82) is 0 Å². The lowest BCUT2D eigenvalue weighted by molar-refractivity contribution is -0.133. The molecule has 2 amide bonds. The number of halogens is 2. The highest BCUT2D eigenvalue weighted by molar-refractivity contribution is 6.43. The summed E-state index contributed by atoms with van der Waals surface area (Å²) < 4.78 is 36.6. The van der Waals surface area contributed by atoms with Gasteiger partial charge in [-0.15, -0.1) is 0 Å². The Hall–Kier alpha value is -3.16. The lowest BCUT2D eigenvalue weighted by Crippen LogP contribution is -2.29. The van der Waals surface area contributed by atoms with Crippen molar-refractivity contribution in [2.45, 2.75) is 0 Å². The van der Waals surface area contributed by atoms with Crippen LogP contribution in [0.5, 0.6) is 11.5 Å². The number of hydrogen-bond acceptors (Lipinski definition) is 4. The third-order valence-electron chi connectivity index (χ3n) is 3.18. The Morgan fingerprint density at radius 2 is 1.38 bits per heavy atom. The molecule has 1 heterocycles. The number of amides is 2. The number of carbonyl (C=O) groups excluding carboxylic acids is 2. The molecule has 24 heavy (non-hydrogen) atoms. The average Bonchev–Trinajstić information content (AvgIpc) is 2.58. The molecular formula is C16H12F2N2O4. The monoisotopic (exact) mass is 334 g/mol. The van der Waals surface area contributed by atoms with Crippen molar-refractivity contribution in [2.24, 2.45) is 0 Å². The van der Waals surface area contributed by atoms with Gasteiger partial charge in [-0.2, -0.15) is 0 Å². The predicted octanol–water partition coefficient (Wildman–Crippen LogP) is 2.31. The van der Waals surface area contributed by atoms with E-state index < -0.39 is 23.4 Å². The van der Waals surface area contributed by atoms with E-state index in [4.69, 9.17) is 9.47 Å².